The van der Waals surface area contributed by atoms with Crippen LogP contribution in [-0.2, 0) is 24.3 Å². The van der Waals surface area contributed by atoms with Crippen molar-refractivity contribution in [2.75, 3.05) is 26.2 Å². The molecule has 0 bridgehead atoms. The summed E-state index contributed by atoms with van der Waals surface area (Å²) in [7, 11) is 0. The fraction of sp³-hybridized carbons (Fsp3) is 0.579. The van der Waals surface area contributed by atoms with Gasteiger partial charge < -0.3 is 9.80 Å². The number of fused-ring (bicyclic) bond motifs is 1. The average molecular weight is 359 g/mol. The molecular formula is C19H26N4OS. The second-order valence-corrected chi connectivity index (χ2v) is 8.07. The van der Waals surface area contributed by atoms with Crippen molar-refractivity contribution in [2.24, 2.45) is 5.92 Å². The van der Waals surface area contributed by atoms with Crippen LogP contribution in [0.1, 0.15) is 30.5 Å². The third kappa shape index (κ3) is 4.12. The minimum Gasteiger partial charge on any atom is -0.336 e. The first-order valence-corrected chi connectivity index (χ1v) is 10.2. The molecule has 25 heavy (non-hydrogen) atoms. The van der Waals surface area contributed by atoms with Crippen molar-refractivity contribution < 1.29 is 4.79 Å². The summed E-state index contributed by atoms with van der Waals surface area (Å²) < 4.78 is 2.10. The Labute approximate surface area is 153 Å². The van der Waals surface area contributed by atoms with Crippen molar-refractivity contribution in [3.8, 4) is 0 Å². The summed E-state index contributed by atoms with van der Waals surface area (Å²) in [5.74, 6) is 0.715. The molecule has 1 atom stereocenters. The molecule has 134 valence electrons. The Hall–Kier alpha value is -1.66. The van der Waals surface area contributed by atoms with E-state index < -0.39 is 0 Å². The molecule has 4 heterocycles. The van der Waals surface area contributed by atoms with Gasteiger partial charge in [-0.2, -0.15) is 16.4 Å². The summed E-state index contributed by atoms with van der Waals surface area (Å²) in [4.78, 5) is 17.5. The number of rotatable bonds is 5. The molecular weight excluding hydrogens is 332 g/mol. The summed E-state index contributed by atoms with van der Waals surface area (Å²) in [6.07, 6.45) is 6.18. The number of carbonyl (C=O) groups excluding carboxylic acids is 1. The van der Waals surface area contributed by atoms with E-state index in [2.05, 4.69) is 26.1 Å². The van der Waals surface area contributed by atoms with Gasteiger partial charge in [0.1, 0.15) is 0 Å². The smallest absolute Gasteiger partial charge is 0.227 e. The zero-order valence-electron chi connectivity index (χ0n) is 14.6. The fourth-order valence-electron chi connectivity index (χ4n) is 3.96. The highest BCUT2D eigenvalue weighted by molar-refractivity contribution is 7.08. The molecule has 0 aliphatic carbocycles. The van der Waals surface area contributed by atoms with Crippen LogP contribution in [0.4, 0.5) is 0 Å². The molecule has 0 saturated carbocycles. The zero-order valence-corrected chi connectivity index (χ0v) is 15.5. The van der Waals surface area contributed by atoms with Gasteiger partial charge in [-0.05, 0) is 73.3 Å². The lowest BCUT2D eigenvalue weighted by Gasteiger charge is -2.25. The van der Waals surface area contributed by atoms with Crippen molar-refractivity contribution >= 4 is 17.2 Å². The molecule has 2 aliphatic heterocycles. The van der Waals surface area contributed by atoms with E-state index in [9.17, 15) is 4.79 Å². The van der Waals surface area contributed by atoms with E-state index in [1.807, 2.05) is 22.5 Å². The summed E-state index contributed by atoms with van der Waals surface area (Å²) in [5.41, 5.74) is 2.28. The largest absolute Gasteiger partial charge is 0.336 e. The third-order valence-corrected chi connectivity index (χ3v) is 6.14. The monoisotopic (exact) mass is 358 g/mol. The van der Waals surface area contributed by atoms with Gasteiger partial charge >= 0.3 is 0 Å². The summed E-state index contributed by atoms with van der Waals surface area (Å²) in [5, 5.41) is 8.60. The minimum atomic E-state index is 0.235. The van der Waals surface area contributed by atoms with Crippen LogP contribution in [-0.4, -0.2) is 51.7 Å². The van der Waals surface area contributed by atoms with Crippen molar-refractivity contribution in [1.82, 2.24) is 19.6 Å². The summed E-state index contributed by atoms with van der Waals surface area (Å²) in [6.45, 7) is 6.08. The second kappa shape index (κ2) is 7.70. The number of aromatic nitrogens is 2. The molecule has 0 spiro atoms. The van der Waals surface area contributed by atoms with Gasteiger partial charge in [-0.3, -0.25) is 9.48 Å². The van der Waals surface area contributed by atoms with Crippen LogP contribution in [0.25, 0.3) is 0 Å². The molecule has 0 N–H and O–H groups in total. The van der Waals surface area contributed by atoms with Gasteiger partial charge in [0.15, 0.2) is 0 Å². The number of nitrogens with zero attached hydrogens (tertiary/aromatic N) is 4. The average Bonchev–Trinajstić information content (AvgIpc) is 3.35. The number of carbonyl (C=O) groups is 1. The Morgan fingerprint density at radius 1 is 1.24 bits per heavy atom. The van der Waals surface area contributed by atoms with Crippen molar-refractivity contribution in [3.63, 3.8) is 0 Å². The van der Waals surface area contributed by atoms with Crippen LogP contribution in [0.5, 0.6) is 0 Å². The Balaban J connectivity index is 1.43. The summed E-state index contributed by atoms with van der Waals surface area (Å²) >= 11 is 1.65. The lowest BCUT2D eigenvalue weighted by atomic mass is 10.0. The van der Waals surface area contributed by atoms with Gasteiger partial charge in [-0.15, -0.1) is 0 Å². The normalized spacial score (nSPS) is 21.3. The van der Waals surface area contributed by atoms with Crippen LogP contribution >= 0.6 is 11.3 Å². The number of thiophene rings is 1. The predicted molar refractivity (Wildman–Crippen MR) is 99.4 cm³/mol. The Kier molecular flexibility index (Phi) is 5.17. The number of hydrogen-bond acceptors (Lipinski definition) is 4. The molecule has 6 heteroatoms. The Morgan fingerprint density at radius 3 is 2.92 bits per heavy atom. The predicted octanol–water partition coefficient (Wildman–Crippen LogP) is 2.63. The molecule has 5 nitrogen and oxygen atoms in total. The number of hydrogen-bond donors (Lipinski definition) is 0. The molecule has 0 radical (unpaired) electrons. The van der Waals surface area contributed by atoms with Crippen LogP contribution in [0, 0.1) is 5.92 Å². The van der Waals surface area contributed by atoms with Gasteiger partial charge in [0.05, 0.1) is 18.7 Å². The van der Waals surface area contributed by atoms with E-state index in [4.69, 9.17) is 0 Å². The maximum Gasteiger partial charge on any atom is 0.227 e. The van der Waals surface area contributed by atoms with E-state index in [1.165, 1.54) is 25.9 Å². The van der Waals surface area contributed by atoms with Crippen LogP contribution in [0.3, 0.4) is 0 Å². The topological polar surface area (TPSA) is 41.4 Å². The molecule has 0 unspecified atom stereocenters. The van der Waals surface area contributed by atoms with Crippen molar-refractivity contribution in [1.29, 1.82) is 0 Å². The molecule has 1 fully saturated rings. The molecule has 2 aliphatic rings. The molecule has 4 rings (SSSR count). The van der Waals surface area contributed by atoms with E-state index in [1.54, 1.807) is 11.3 Å². The quantitative estimate of drug-likeness (QED) is 0.825. The van der Waals surface area contributed by atoms with Crippen LogP contribution in [0.15, 0.2) is 29.1 Å². The second-order valence-electron chi connectivity index (χ2n) is 7.29. The SMILES string of the molecule is O=C(Cc1ccsc1)N1Cc2ccnn2C[C@H](CCN2CCCC2)C1. The van der Waals surface area contributed by atoms with Crippen molar-refractivity contribution in [3.05, 3.63) is 40.3 Å². The lowest BCUT2D eigenvalue weighted by molar-refractivity contribution is -0.131. The molecule has 2 aromatic heterocycles. The van der Waals surface area contributed by atoms with Crippen LogP contribution in [0.2, 0.25) is 0 Å². The van der Waals surface area contributed by atoms with E-state index in [-0.39, 0.29) is 5.91 Å². The van der Waals surface area contributed by atoms with E-state index >= 15 is 0 Å². The maximum absolute atomic E-state index is 12.8. The lowest BCUT2D eigenvalue weighted by Crippen LogP contribution is -2.36. The highest BCUT2D eigenvalue weighted by Crippen LogP contribution is 2.21. The standard InChI is InChI=1S/C19H26N4OS/c24-19(11-16-5-10-25-15-16)22-12-17(4-9-21-7-1-2-8-21)13-23-18(14-22)3-6-20-23/h3,5-6,10,15,17H,1-2,4,7-9,11-14H2/t17-/m1/s1. The van der Waals surface area contributed by atoms with Gasteiger partial charge in [-0.1, -0.05) is 0 Å². The van der Waals surface area contributed by atoms with Gasteiger partial charge in [0, 0.05) is 19.3 Å². The third-order valence-electron chi connectivity index (χ3n) is 5.41. The van der Waals surface area contributed by atoms with Gasteiger partial charge in [0.2, 0.25) is 5.91 Å². The Bertz CT molecular complexity index is 690. The first-order chi connectivity index (χ1) is 12.3. The molecule has 1 saturated heterocycles. The summed E-state index contributed by atoms with van der Waals surface area (Å²) in [6, 6.07) is 4.10. The first-order valence-electron chi connectivity index (χ1n) is 9.30. The van der Waals surface area contributed by atoms with Gasteiger partial charge in [-0.25, -0.2) is 0 Å². The Morgan fingerprint density at radius 2 is 2.12 bits per heavy atom. The molecule has 2 aromatic rings. The fourth-order valence-corrected chi connectivity index (χ4v) is 4.63. The first kappa shape index (κ1) is 16.8. The van der Waals surface area contributed by atoms with Gasteiger partial charge in [0.25, 0.3) is 0 Å². The molecule has 1 amide bonds. The maximum atomic E-state index is 12.8. The van der Waals surface area contributed by atoms with Crippen LogP contribution < -0.4 is 0 Å². The van der Waals surface area contributed by atoms with E-state index in [0.717, 1.165) is 37.3 Å². The number of amides is 1. The highest BCUT2D eigenvalue weighted by Gasteiger charge is 2.26. The number of likely N-dealkylation sites (tertiary alicyclic amines) is 1. The highest BCUT2D eigenvalue weighted by atomic mass is 32.1. The zero-order chi connectivity index (χ0) is 17.1. The van der Waals surface area contributed by atoms with Crippen molar-refractivity contribution in [2.45, 2.75) is 38.8 Å². The molecule has 0 aromatic carbocycles. The van der Waals surface area contributed by atoms with E-state index in [0.29, 0.717) is 18.9 Å². The minimum absolute atomic E-state index is 0.235.